The van der Waals surface area contributed by atoms with Gasteiger partial charge in [0.15, 0.2) is 0 Å². The summed E-state index contributed by atoms with van der Waals surface area (Å²) in [5.41, 5.74) is 3.88. The first-order valence-electron chi connectivity index (χ1n) is 5.06. The van der Waals surface area contributed by atoms with Crippen molar-refractivity contribution in [1.29, 1.82) is 0 Å². The van der Waals surface area contributed by atoms with E-state index in [0.717, 1.165) is 32.5 Å². The summed E-state index contributed by atoms with van der Waals surface area (Å²) in [5.74, 6) is 0. The zero-order chi connectivity index (χ0) is 9.80. The Balaban J connectivity index is 2.12. The summed E-state index contributed by atoms with van der Waals surface area (Å²) in [5, 5.41) is 3.35. The van der Waals surface area contributed by atoms with Gasteiger partial charge in [0.05, 0.1) is 6.61 Å². The molecular formula is C11H16N2O. The average Bonchev–Trinajstić information content (AvgIpc) is 2.26. The van der Waals surface area contributed by atoms with E-state index >= 15 is 0 Å². The molecule has 3 heteroatoms. The van der Waals surface area contributed by atoms with Gasteiger partial charge >= 0.3 is 0 Å². The van der Waals surface area contributed by atoms with Gasteiger partial charge in [-0.25, -0.2) is 0 Å². The first kappa shape index (κ1) is 9.62. The van der Waals surface area contributed by atoms with E-state index in [-0.39, 0.29) is 0 Å². The highest BCUT2D eigenvalue weighted by Crippen LogP contribution is 2.13. The van der Waals surface area contributed by atoms with Crippen LogP contribution in [0.25, 0.3) is 0 Å². The lowest BCUT2D eigenvalue weighted by atomic mass is 10.0. The standard InChI is InChI=1S/C11H16N2O/c1-14-5-3-9-6-10-8-12-4-2-11(10)13-7-9/h6-7,12H,2-5,8H2,1H3. The highest BCUT2D eigenvalue weighted by Gasteiger charge is 2.09. The van der Waals surface area contributed by atoms with Crippen LogP contribution in [0.3, 0.4) is 0 Å². The molecule has 1 aliphatic rings. The normalized spacial score (nSPS) is 15.2. The molecular weight excluding hydrogens is 176 g/mol. The maximum Gasteiger partial charge on any atom is 0.0503 e. The number of aromatic nitrogens is 1. The van der Waals surface area contributed by atoms with E-state index in [4.69, 9.17) is 4.74 Å². The van der Waals surface area contributed by atoms with Crippen molar-refractivity contribution in [2.24, 2.45) is 0 Å². The van der Waals surface area contributed by atoms with Crippen molar-refractivity contribution >= 4 is 0 Å². The monoisotopic (exact) mass is 192 g/mol. The van der Waals surface area contributed by atoms with Crippen molar-refractivity contribution in [3.05, 3.63) is 29.1 Å². The van der Waals surface area contributed by atoms with Crippen LogP contribution in [-0.4, -0.2) is 25.2 Å². The van der Waals surface area contributed by atoms with Gasteiger partial charge in [0.25, 0.3) is 0 Å². The highest BCUT2D eigenvalue weighted by atomic mass is 16.5. The molecule has 1 N–H and O–H groups in total. The summed E-state index contributed by atoms with van der Waals surface area (Å²) in [6, 6.07) is 2.24. The first-order valence-corrected chi connectivity index (χ1v) is 5.06. The first-order chi connectivity index (χ1) is 6.90. The smallest absolute Gasteiger partial charge is 0.0503 e. The van der Waals surface area contributed by atoms with Gasteiger partial charge in [0, 0.05) is 38.5 Å². The molecule has 0 bridgehead atoms. The maximum absolute atomic E-state index is 5.05. The molecule has 0 amide bonds. The Labute approximate surface area is 84.5 Å². The lowest BCUT2D eigenvalue weighted by Crippen LogP contribution is -2.24. The van der Waals surface area contributed by atoms with Crippen LogP contribution in [0.4, 0.5) is 0 Å². The Morgan fingerprint density at radius 1 is 1.57 bits per heavy atom. The third kappa shape index (κ3) is 2.11. The molecule has 0 spiro atoms. The van der Waals surface area contributed by atoms with Crippen LogP contribution >= 0.6 is 0 Å². The van der Waals surface area contributed by atoms with Gasteiger partial charge in [-0.1, -0.05) is 6.07 Å². The number of rotatable bonds is 3. The van der Waals surface area contributed by atoms with Gasteiger partial charge in [-0.15, -0.1) is 0 Å². The van der Waals surface area contributed by atoms with Crippen molar-refractivity contribution in [2.75, 3.05) is 20.3 Å². The van der Waals surface area contributed by atoms with E-state index in [1.54, 1.807) is 7.11 Å². The topological polar surface area (TPSA) is 34.1 Å². The second-order valence-electron chi connectivity index (χ2n) is 3.62. The molecule has 0 unspecified atom stereocenters. The van der Waals surface area contributed by atoms with Crippen molar-refractivity contribution < 1.29 is 4.74 Å². The number of nitrogens with one attached hydrogen (secondary N) is 1. The zero-order valence-electron chi connectivity index (χ0n) is 8.55. The van der Waals surface area contributed by atoms with Crippen LogP contribution in [0, 0.1) is 0 Å². The SMILES string of the molecule is COCCc1cnc2c(c1)CNCC2. The maximum atomic E-state index is 5.05. The molecule has 3 nitrogen and oxygen atoms in total. The summed E-state index contributed by atoms with van der Waals surface area (Å²) in [7, 11) is 1.73. The van der Waals surface area contributed by atoms with E-state index in [0.29, 0.717) is 0 Å². The van der Waals surface area contributed by atoms with Crippen molar-refractivity contribution in [3.8, 4) is 0 Å². The number of pyridine rings is 1. The van der Waals surface area contributed by atoms with Gasteiger partial charge in [0.1, 0.15) is 0 Å². The van der Waals surface area contributed by atoms with E-state index in [2.05, 4.69) is 16.4 Å². The molecule has 1 aromatic heterocycles. The fourth-order valence-electron chi connectivity index (χ4n) is 1.75. The van der Waals surface area contributed by atoms with E-state index in [9.17, 15) is 0 Å². The van der Waals surface area contributed by atoms with Gasteiger partial charge in [-0.05, 0) is 17.5 Å². The van der Waals surface area contributed by atoms with Crippen molar-refractivity contribution in [3.63, 3.8) is 0 Å². The molecule has 0 atom stereocenters. The number of hydrogen-bond acceptors (Lipinski definition) is 3. The van der Waals surface area contributed by atoms with Crippen molar-refractivity contribution in [2.45, 2.75) is 19.4 Å². The molecule has 0 aliphatic carbocycles. The summed E-state index contributed by atoms with van der Waals surface area (Å²) in [6.07, 6.45) is 3.99. The van der Waals surface area contributed by atoms with Crippen LogP contribution < -0.4 is 5.32 Å². The molecule has 0 saturated heterocycles. The van der Waals surface area contributed by atoms with Gasteiger partial charge in [0.2, 0.25) is 0 Å². The lowest BCUT2D eigenvalue weighted by Gasteiger charge is -2.16. The molecule has 1 aliphatic heterocycles. The highest BCUT2D eigenvalue weighted by molar-refractivity contribution is 5.27. The minimum absolute atomic E-state index is 0.772. The summed E-state index contributed by atoms with van der Waals surface area (Å²) in [4.78, 5) is 4.48. The molecule has 0 aromatic carbocycles. The van der Waals surface area contributed by atoms with Crippen LogP contribution in [0.5, 0.6) is 0 Å². The number of nitrogens with zero attached hydrogens (tertiary/aromatic N) is 1. The van der Waals surface area contributed by atoms with Crippen molar-refractivity contribution in [1.82, 2.24) is 10.3 Å². The molecule has 76 valence electrons. The fraction of sp³-hybridized carbons (Fsp3) is 0.545. The summed E-state index contributed by atoms with van der Waals surface area (Å²) >= 11 is 0. The predicted octanol–water partition coefficient (Wildman–Crippen LogP) is 0.916. The van der Waals surface area contributed by atoms with E-state index in [1.165, 1.54) is 16.8 Å². The van der Waals surface area contributed by atoms with Gasteiger partial charge in [-0.2, -0.15) is 0 Å². The van der Waals surface area contributed by atoms with Gasteiger partial charge < -0.3 is 10.1 Å². The second kappa shape index (κ2) is 4.53. The molecule has 1 aromatic rings. The fourth-order valence-corrected chi connectivity index (χ4v) is 1.75. The molecule has 0 saturated carbocycles. The molecule has 2 rings (SSSR count). The van der Waals surface area contributed by atoms with E-state index in [1.807, 2.05) is 6.20 Å². The number of fused-ring (bicyclic) bond motifs is 1. The zero-order valence-corrected chi connectivity index (χ0v) is 8.55. The minimum Gasteiger partial charge on any atom is -0.384 e. The molecule has 14 heavy (non-hydrogen) atoms. The van der Waals surface area contributed by atoms with Crippen LogP contribution in [0.1, 0.15) is 16.8 Å². The van der Waals surface area contributed by atoms with Crippen LogP contribution in [0.15, 0.2) is 12.3 Å². The number of hydrogen-bond donors (Lipinski definition) is 1. The Hall–Kier alpha value is -0.930. The minimum atomic E-state index is 0.772. The number of methoxy groups -OCH3 is 1. The average molecular weight is 192 g/mol. The molecule has 0 radical (unpaired) electrons. The third-order valence-electron chi connectivity index (χ3n) is 2.57. The third-order valence-corrected chi connectivity index (χ3v) is 2.57. The lowest BCUT2D eigenvalue weighted by molar-refractivity contribution is 0.202. The van der Waals surface area contributed by atoms with Gasteiger partial charge in [-0.3, -0.25) is 4.98 Å². The Morgan fingerprint density at radius 2 is 2.50 bits per heavy atom. The predicted molar refractivity (Wildman–Crippen MR) is 55.2 cm³/mol. The quantitative estimate of drug-likeness (QED) is 0.773. The second-order valence-corrected chi connectivity index (χ2v) is 3.62. The Morgan fingerprint density at radius 3 is 3.36 bits per heavy atom. The van der Waals surface area contributed by atoms with E-state index < -0.39 is 0 Å². The Bertz CT molecular complexity index is 312. The number of ether oxygens (including phenoxy) is 1. The Kier molecular flexibility index (Phi) is 3.11. The molecule has 0 fully saturated rings. The molecule has 2 heterocycles. The largest absolute Gasteiger partial charge is 0.384 e. The van der Waals surface area contributed by atoms with Crippen LogP contribution in [-0.2, 0) is 24.1 Å². The summed E-state index contributed by atoms with van der Waals surface area (Å²) < 4.78 is 5.05. The summed E-state index contributed by atoms with van der Waals surface area (Å²) in [6.45, 7) is 2.79. The van der Waals surface area contributed by atoms with Crippen LogP contribution in [0.2, 0.25) is 0 Å².